The Morgan fingerprint density at radius 3 is 2.72 bits per heavy atom. The van der Waals surface area contributed by atoms with Gasteiger partial charge in [0, 0.05) is 24.5 Å². The molecule has 7 nitrogen and oxygen atoms in total. The Bertz CT molecular complexity index is 873. The van der Waals surface area contributed by atoms with Crippen molar-refractivity contribution in [3.63, 3.8) is 0 Å². The van der Waals surface area contributed by atoms with E-state index in [0.717, 1.165) is 32.1 Å². The van der Waals surface area contributed by atoms with E-state index in [2.05, 4.69) is 22.4 Å². The fraction of sp³-hybridized carbons (Fsp3) is 0.500. The molecule has 0 spiro atoms. The van der Waals surface area contributed by atoms with E-state index in [4.69, 9.17) is 5.73 Å². The Morgan fingerprint density at radius 1 is 1.19 bits per heavy atom. The van der Waals surface area contributed by atoms with Crippen LogP contribution in [0.15, 0.2) is 41.9 Å². The van der Waals surface area contributed by atoms with E-state index in [1.54, 1.807) is 16.5 Å². The number of likely N-dealkylation sites (tertiary alicyclic amines) is 1. The maximum atomic E-state index is 13.1. The van der Waals surface area contributed by atoms with Crippen molar-refractivity contribution >= 4 is 28.9 Å². The summed E-state index contributed by atoms with van der Waals surface area (Å²) in [6.45, 7) is 1.13. The largest absolute Gasteiger partial charge is 0.344 e. The summed E-state index contributed by atoms with van der Waals surface area (Å²) in [5.41, 5.74) is 6.79. The van der Waals surface area contributed by atoms with E-state index in [9.17, 15) is 14.4 Å². The number of carbonyl (C=O) groups excluding carboxylic acids is 3. The normalized spacial score (nSPS) is 16.7. The lowest BCUT2D eigenvalue weighted by Gasteiger charge is -2.26. The van der Waals surface area contributed by atoms with Crippen LogP contribution >= 0.6 is 11.3 Å². The molecule has 1 aliphatic rings. The van der Waals surface area contributed by atoms with Crippen LogP contribution in [0.1, 0.15) is 60.3 Å². The number of amides is 2. The van der Waals surface area contributed by atoms with Crippen molar-refractivity contribution in [3.8, 4) is 0 Å². The summed E-state index contributed by atoms with van der Waals surface area (Å²) in [6.07, 6.45) is 7.04. The fourth-order valence-electron chi connectivity index (χ4n) is 4.09. The van der Waals surface area contributed by atoms with Crippen molar-refractivity contribution in [1.82, 2.24) is 15.2 Å². The molecule has 0 unspecified atom stereocenters. The molecule has 2 atom stereocenters. The summed E-state index contributed by atoms with van der Waals surface area (Å²) in [4.78, 5) is 44.5. The van der Waals surface area contributed by atoms with Gasteiger partial charge in [-0.2, -0.15) is 0 Å². The minimum atomic E-state index is -0.643. The molecule has 1 saturated heterocycles. The van der Waals surface area contributed by atoms with Gasteiger partial charge < -0.3 is 16.0 Å². The second-order valence-corrected chi connectivity index (χ2v) is 9.03. The lowest BCUT2D eigenvalue weighted by atomic mass is 10.0. The van der Waals surface area contributed by atoms with Gasteiger partial charge in [-0.1, -0.05) is 30.3 Å². The van der Waals surface area contributed by atoms with Crippen molar-refractivity contribution in [2.45, 2.75) is 63.5 Å². The van der Waals surface area contributed by atoms with Crippen molar-refractivity contribution in [2.24, 2.45) is 5.73 Å². The van der Waals surface area contributed by atoms with Gasteiger partial charge in [0.2, 0.25) is 17.6 Å². The van der Waals surface area contributed by atoms with E-state index in [-0.39, 0.29) is 17.6 Å². The van der Waals surface area contributed by atoms with Gasteiger partial charge in [0.25, 0.3) is 0 Å². The Hall–Kier alpha value is -2.58. The summed E-state index contributed by atoms with van der Waals surface area (Å²) in [5, 5.41) is 5.06. The number of hydrogen-bond donors (Lipinski definition) is 2. The molecular formula is C24H32N4O3S. The Kier molecular flexibility index (Phi) is 9.37. The number of unbranched alkanes of at least 4 members (excludes halogenated alkanes) is 1. The first-order valence-electron chi connectivity index (χ1n) is 11.4. The summed E-state index contributed by atoms with van der Waals surface area (Å²) < 4.78 is 0. The number of nitrogens with zero attached hydrogens (tertiary/aromatic N) is 2. The predicted molar refractivity (Wildman–Crippen MR) is 125 cm³/mol. The predicted octanol–water partition coefficient (Wildman–Crippen LogP) is 2.95. The van der Waals surface area contributed by atoms with Gasteiger partial charge in [0.05, 0.1) is 6.04 Å². The second kappa shape index (κ2) is 12.5. The number of aryl methyl sites for hydroxylation is 1. The summed E-state index contributed by atoms with van der Waals surface area (Å²) >= 11 is 1.27. The molecule has 3 rings (SSSR count). The van der Waals surface area contributed by atoms with Gasteiger partial charge in [-0.3, -0.25) is 14.4 Å². The molecule has 2 heterocycles. The molecule has 2 amide bonds. The van der Waals surface area contributed by atoms with E-state index in [0.29, 0.717) is 37.4 Å². The molecule has 8 heteroatoms. The smallest absolute Gasteiger partial charge is 0.243 e. The van der Waals surface area contributed by atoms with Gasteiger partial charge >= 0.3 is 0 Å². The van der Waals surface area contributed by atoms with Crippen LogP contribution in [0.4, 0.5) is 0 Å². The number of hydrogen-bond acceptors (Lipinski definition) is 6. The van der Waals surface area contributed by atoms with E-state index in [1.807, 2.05) is 18.2 Å². The van der Waals surface area contributed by atoms with Gasteiger partial charge in [-0.15, -0.1) is 11.3 Å². The van der Waals surface area contributed by atoms with Crippen molar-refractivity contribution in [1.29, 1.82) is 0 Å². The number of Topliss-reactive ketones (excluding diaryl/α,β-unsaturated/α-hetero) is 1. The van der Waals surface area contributed by atoms with Crippen molar-refractivity contribution < 1.29 is 14.4 Å². The average molecular weight is 457 g/mol. The molecule has 1 aromatic carbocycles. The highest BCUT2D eigenvalue weighted by atomic mass is 32.1. The molecule has 1 fully saturated rings. The highest BCUT2D eigenvalue weighted by Gasteiger charge is 2.35. The van der Waals surface area contributed by atoms with Gasteiger partial charge in [-0.05, 0) is 57.1 Å². The first kappa shape index (κ1) is 24.1. The summed E-state index contributed by atoms with van der Waals surface area (Å²) in [6, 6.07) is 8.92. The van der Waals surface area contributed by atoms with Crippen LogP contribution in [0.25, 0.3) is 0 Å². The lowest BCUT2D eigenvalue weighted by molar-refractivity contribution is -0.138. The Labute approximate surface area is 193 Å². The lowest BCUT2D eigenvalue weighted by Crippen LogP contribution is -2.50. The first-order valence-corrected chi connectivity index (χ1v) is 12.3. The van der Waals surface area contributed by atoms with Crippen LogP contribution < -0.4 is 11.1 Å². The zero-order valence-corrected chi connectivity index (χ0v) is 19.2. The molecule has 0 saturated carbocycles. The zero-order valence-electron chi connectivity index (χ0n) is 18.4. The topological polar surface area (TPSA) is 105 Å². The Morgan fingerprint density at radius 2 is 2.00 bits per heavy atom. The SMILES string of the molecule is NCCCC[C@H](NC(=O)[C@@H]1CCCN1C(=O)CCCc1ccccc1)C(=O)c1nccs1. The maximum Gasteiger partial charge on any atom is 0.243 e. The number of carbonyl (C=O) groups is 3. The molecule has 3 N–H and O–H groups in total. The molecule has 0 aliphatic carbocycles. The highest BCUT2D eigenvalue weighted by Crippen LogP contribution is 2.21. The number of nitrogens with one attached hydrogen (secondary N) is 1. The molecule has 1 aliphatic heterocycles. The van der Waals surface area contributed by atoms with E-state index >= 15 is 0 Å². The van der Waals surface area contributed by atoms with Crippen LogP contribution in [-0.2, 0) is 16.0 Å². The van der Waals surface area contributed by atoms with Crippen LogP contribution in [0.3, 0.4) is 0 Å². The second-order valence-electron chi connectivity index (χ2n) is 8.13. The molecule has 32 heavy (non-hydrogen) atoms. The molecule has 0 bridgehead atoms. The molecule has 2 aromatic rings. The highest BCUT2D eigenvalue weighted by molar-refractivity contribution is 7.11. The van der Waals surface area contributed by atoms with Gasteiger partial charge in [0.15, 0.2) is 5.01 Å². The van der Waals surface area contributed by atoms with Crippen LogP contribution in [0, 0.1) is 0 Å². The van der Waals surface area contributed by atoms with Crippen LogP contribution in [0.5, 0.6) is 0 Å². The maximum absolute atomic E-state index is 13.1. The molecular weight excluding hydrogens is 424 g/mol. The molecule has 0 radical (unpaired) electrons. The molecule has 172 valence electrons. The van der Waals surface area contributed by atoms with E-state index < -0.39 is 12.1 Å². The molecule has 1 aromatic heterocycles. The van der Waals surface area contributed by atoms with Gasteiger partial charge in [0.1, 0.15) is 6.04 Å². The monoisotopic (exact) mass is 456 g/mol. The third-order valence-corrected chi connectivity index (χ3v) is 6.59. The van der Waals surface area contributed by atoms with Crippen molar-refractivity contribution in [3.05, 3.63) is 52.5 Å². The third kappa shape index (κ3) is 6.71. The first-order chi connectivity index (χ1) is 15.6. The minimum absolute atomic E-state index is 0.00418. The van der Waals surface area contributed by atoms with Crippen LogP contribution in [0.2, 0.25) is 0 Å². The fourth-order valence-corrected chi connectivity index (χ4v) is 4.72. The standard InChI is InChI=1S/C24H32N4O3S/c25-14-5-4-11-19(22(30)24-26-15-17-32-24)27-23(31)20-12-7-16-28(20)21(29)13-6-10-18-8-2-1-3-9-18/h1-3,8-9,15,17,19-20H,4-7,10-14,16,25H2,(H,27,31)/t19-,20-/m0/s1. The number of aromatic nitrogens is 1. The van der Waals surface area contributed by atoms with Crippen LogP contribution in [-0.4, -0.2) is 52.7 Å². The number of ketones is 1. The number of thiazole rings is 1. The number of rotatable bonds is 12. The van der Waals surface area contributed by atoms with Crippen molar-refractivity contribution in [2.75, 3.05) is 13.1 Å². The number of benzene rings is 1. The van der Waals surface area contributed by atoms with Gasteiger partial charge in [-0.25, -0.2) is 4.98 Å². The minimum Gasteiger partial charge on any atom is -0.344 e. The number of nitrogens with two attached hydrogens (primary N) is 1. The third-order valence-electron chi connectivity index (χ3n) is 5.80. The zero-order chi connectivity index (χ0) is 22.8. The summed E-state index contributed by atoms with van der Waals surface area (Å²) in [5.74, 6) is -0.421. The summed E-state index contributed by atoms with van der Waals surface area (Å²) in [7, 11) is 0. The quantitative estimate of drug-likeness (QED) is 0.377. The van der Waals surface area contributed by atoms with E-state index in [1.165, 1.54) is 16.9 Å². The Balaban J connectivity index is 1.56. The average Bonchev–Trinajstić information content (AvgIpc) is 3.51.